The minimum atomic E-state index is -1.14. The Kier molecular flexibility index (Phi) is 9.09. The first-order chi connectivity index (χ1) is 9.67. The summed E-state index contributed by atoms with van der Waals surface area (Å²) in [6, 6.07) is -2.14. The average molecular weight is 414 g/mol. The Bertz CT molecular complexity index is 413. The van der Waals surface area contributed by atoms with Crippen molar-refractivity contribution in [2.45, 2.75) is 51.7 Å². The van der Waals surface area contributed by atoms with Gasteiger partial charge in [-0.15, -0.1) is 0 Å². The van der Waals surface area contributed by atoms with Crippen molar-refractivity contribution in [3.05, 3.63) is 0 Å². The molecule has 0 saturated carbocycles. The zero-order valence-electron chi connectivity index (χ0n) is 12.0. The smallest absolute Gasteiger partial charge is 0.317 e. The molecule has 0 fully saturated rings. The molecule has 0 aliphatic carbocycles. The van der Waals surface area contributed by atoms with E-state index in [0.717, 1.165) is 0 Å². The van der Waals surface area contributed by atoms with Crippen LogP contribution in [0.5, 0.6) is 0 Å². The number of carboxylic acid groups (broad SMARTS) is 1. The van der Waals surface area contributed by atoms with Crippen LogP contribution < -0.4 is 10.6 Å². The number of carboxylic acids is 1. The van der Waals surface area contributed by atoms with Crippen molar-refractivity contribution in [1.29, 1.82) is 0 Å². The van der Waals surface area contributed by atoms with Gasteiger partial charge in [-0.1, -0.05) is 13.8 Å². The van der Waals surface area contributed by atoms with Gasteiger partial charge in [0, 0.05) is 6.04 Å². The second kappa shape index (κ2) is 9.66. The van der Waals surface area contributed by atoms with E-state index in [1.165, 1.54) is 29.9 Å². The Hall–Kier alpha value is -1.23. The summed E-state index contributed by atoms with van der Waals surface area (Å²) in [6.45, 7) is 4.75. The maximum absolute atomic E-state index is 12.1. The van der Waals surface area contributed by atoms with Gasteiger partial charge >= 0.3 is 11.9 Å². The number of hydrogen-bond acceptors (Lipinski definition) is 6. The van der Waals surface area contributed by atoms with E-state index in [0.29, 0.717) is 0 Å². The molecule has 0 aromatic heterocycles. The van der Waals surface area contributed by atoms with Crippen molar-refractivity contribution in [3.8, 4) is 0 Å². The summed E-state index contributed by atoms with van der Waals surface area (Å²) in [6.07, 6.45) is -0.725. The third kappa shape index (κ3) is 8.60. The number of nitrogens with one attached hydrogen (secondary N) is 2. The van der Waals surface area contributed by atoms with E-state index in [9.17, 15) is 19.2 Å². The third-order valence-corrected chi connectivity index (χ3v) is 2.99. The monoisotopic (exact) mass is 414 g/mol. The second-order valence-corrected chi connectivity index (χ2v) is 5.24. The SMILES string of the molecule is CC(=O)C(CC(=O)OI)NC(=O)C(CC(=O)O)NC(C)C. The highest BCUT2D eigenvalue weighted by Crippen LogP contribution is 2.03. The molecule has 0 spiro atoms. The average Bonchev–Trinajstić information content (AvgIpc) is 2.35. The van der Waals surface area contributed by atoms with Crippen molar-refractivity contribution in [2.24, 2.45) is 0 Å². The molecule has 8 nitrogen and oxygen atoms in total. The number of aliphatic carboxylic acids is 1. The highest BCUT2D eigenvalue weighted by Gasteiger charge is 2.27. The Morgan fingerprint density at radius 1 is 1.14 bits per heavy atom. The zero-order chi connectivity index (χ0) is 16.6. The molecule has 120 valence electrons. The lowest BCUT2D eigenvalue weighted by Gasteiger charge is -2.22. The van der Waals surface area contributed by atoms with E-state index in [1.807, 2.05) is 0 Å². The van der Waals surface area contributed by atoms with Crippen LogP contribution in [0.2, 0.25) is 0 Å². The second-order valence-electron chi connectivity index (χ2n) is 4.80. The number of halogens is 1. The van der Waals surface area contributed by atoms with Crippen LogP contribution in [0.4, 0.5) is 0 Å². The van der Waals surface area contributed by atoms with Crippen molar-refractivity contribution < 1.29 is 27.4 Å². The Labute approximate surface area is 136 Å². The minimum absolute atomic E-state index is 0.116. The minimum Gasteiger partial charge on any atom is -0.481 e. The first-order valence-corrected chi connectivity index (χ1v) is 7.15. The third-order valence-electron chi connectivity index (χ3n) is 2.49. The van der Waals surface area contributed by atoms with Gasteiger partial charge in [-0.3, -0.25) is 19.2 Å². The summed E-state index contributed by atoms with van der Waals surface area (Å²) in [5.41, 5.74) is 0. The summed E-state index contributed by atoms with van der Waals surface area (Å²) < 4.78 is 4.42. The van der Waals surface area contributed by atoms with Gasteiger partial charge in [0.05, 0.1) is 24.9 Å². The molecule has 21 heavy (non-hydrogen) atoms. The first-order valence-electron chi connectivity index (χ1n) is 6.27. The molecule has 0 rings (SSSR count). The highest BCUT2D eigenvalue weighted by atomic mass is 127. The van der Waals surface area contributed by atoms with Gasteiger partial charge in [0.25, 0.3) is 0 Å². The molecular formula is C12H19IN2O6. The number of rotatable bonds is 9. The Morgan fingerprint density at radius 3 is 2.10 bits per heavy atom. The lowest BCUT2D eigenvalue weighted by Crippen LogP contribution is -2.52. The predicted molar refractivity (Wildman–Crippen MR) is 81.7 cm³/mol. The Balaban J connectivity index is 4.85. The van der Waals surface area contributed by atoms with Gasteiger partial charge in [0.2, 0.25) is 5.91 Å². The van der Waals surface area contributed by atoms with Crippen LogP contribution in [-0.4, -0.2) is 46.9 Å². The number of Topliss-reactive ketones (excluding diaryl/α,β-unsaturated/α-hetero) is 1. The molecule has 3 N–H and O–H groups in total. The summed E-state index contributed by atoms with van der Waals surface area (Å²) in [4.78, 5) is 45.5. The van der Waals surface area contributed by atoms with Gasteiger partial charge in [-0.2, -0.15) is 0 Å². The fraction of sp³-hybridized carbons (Fsp3) is 0.667. The number of amides is 1. The van der Waals surface area contributed by atoms with Gasteiger partial charge in [0.15, 0.2) is 28.8 Å². The van der Waals surface area contributed by atoms with Crippen LogP contribution in [0.3, 0.4) is 0 Å². The molecule has 2 atom stereocenters. The van der Waals surface area contributed by atoms with Crippen LogP contribution >= 0.6 is 23.0 Å². The van der Waals surface area contributed by atoms with E-state index < -0.39 is 42.1 Å². The molecule has 0 saturated heterocycles. The van der Waals surface area contributed by atoms with Crippen LogP contribution in [0.15, 0.2) is 0 Å². The summed E-state index contributed by atoms with van der Waals surface area (Å²) in [5, 5.41) is 14.0. The fourth-order valence-corrected chi connectivity index (χ4v) is 1.75. The number of carbonyl (C=O) groups is 4. The van der Waals surface area contributed by atoms with Crippen LogP contribution in [0.1, 0.15) is 33.6 Å². The van der Waals surface area contributed by atoms with Crippen molar-refractivity contribution in [2.75, 3.05) is 0 Å². The van der Waals surface area contributed by atoms with Gasteiger partial charge in [0.1, 0.15) is 0 Å². The Morgan fingerprint density at radius 2 is 1.71 bits per heavy atom. The summed E-state index contributed by atoms with van der Waals surface area (Å²) >= 11 is 1.39. The van der Waals surface area contributed by atoms with E-state index in [4.69, 9.17) is 5.11 Å². The molecule has 9 heteroatoms. The van der Waals surface area contributed by atoms with E-state index >= 15 is 0 Å². The largest absolute Gasteiger partial charge is 0.481 e. The summed E-state index contributed by atoms with van der Waals surface area (Å²) in [7, 11) is 0. The lowest BCUT2D eigenvalue weighted by atomic mass is 10.1. The maximum Gasteiger partial charge on any atom is 0.317 e. The molecule has 0 radical (unpaired) electrons. The molecular weight excluding hydrogens is 395 g/mol. The molecule has 0 aromatic carbocycles. The number of hydrogen-bond donors (Lipinski definition) is 3. The van der Waals surface area contributed by atoms with Crippen LogP contribution in [-0.2, 0) is 22.2 Å². The van der Waals surface area contributed by atoms with Gasteiger partial charge in [-0.25, -0.2) is 0 Å². The summed E-state index contributed by atoms with van der Waals surface area (Å²) in [5.74, 6) is -2.85. The van der Waals surface area contributed by atoms with E-state index in [-0.39, 0.29) is 12.5 Å². The van der Waals surface area contributed by atoms with E-state index in [2.05, 4.69) is 13.7 Å². The van der Waals surface area contributed by atoms with Crippen molar-refractivity contribution >= 4 is 46.6 Å². The maximum atomic E-state index is 12.1. The molecule has 0 bridgehead atoms. The standard InChI is InChI=1S/C12H19IN2O6/c1-6(2)14-9(4-10(17)18)12(20)15-8(7(3)16)5-11(19)21-13/h6,8-9,14H,4-5H2,1-3H3,(H,15,20)(H,17,18). The van der Waals surface area contributed by atoms with Crippen molar-refractivity contribution in [1.82, 2.24) is 10.6 Å². The topological polar surface area (TPSA) is 122 Å². The molecule has 0 aliphatic heterocycles. The van der Waals surface area contributed by atoms with Gasteiger partial charge < -0.3 is 18.8 Å². The first kappa shape index (κ1) is 19.8. The number of ketones is 1. The molecule has 2 unspecified atom stereocenters. The molecule has 0 aliphatic rings. The molecule has 0 aromatic rings. The predicted octanol–water partition coefficient (Wildman–Crippen LogP) is 0.185. The van der Waals surface area contributed by atoms with Crippen LogP contribution in [0, 0.1) is 0 Å². The fourth-order valence-electron chi connectivity index (χ4n) is 1.57. The van der Waals surface area contributed by atoms with Crippen LogP contribution in [0.25, 0.3) is 0 Å². The molecule has 0 heterocycles. The zero-order valence-corrected chi connectivity index (χ0v) is 14.2. The normalized spacial score (nSPS) is 13.4. The molecule has 1 amide bonds. The van der Waals surface area contributed by atoms with E-state index in [1.54, 1.807) is 13.8 Å². The lowest BCUT2D eigenvalue weighted by molar-refractivity contribution is -0.141. The quantitative estimate of drug-likeness (QED) is 0.461. The van der Waals surface area contributed by atoms with Gasteiger partial charge in [-0.05, 0) is 6.92 Å². The number of carbonyl (C=O) groups excluding carboxylic acids is 3. The van der Waals surface area contributed by atoms with Crippen molar-refractivity contribution in [3.63, 3.8) is 0 Å². The highest BCUT2D eigenvalue weighted by molar-refractivity contribution is 14.1.